The van der Waals surface area contributed by atoms with Gasteiger partial charge in [0.1, 0.15) is 0 Å². The van der Waals surface area contributed by atoms with Gasteiger partial charge < -0.3 is 10.2 Å². The molecule has 3 aromatic rings. The number of para-hydroxylation sites is 1. The molecule has 1 N–H and O–H groups in total. The first-order valence-corrected chi connectivity index (χ1v) is 10.6. The molecule has 0 spiro atoms. The number of nitrogens with one attached hydrogen (secondary N) is 1. The Morgan fingerprint density at radius 1 is 1.11 bits per heavy atom. The number of hydrogen-bond acceptors (Lipinski definition) is 5. The van der Waals surface area contributed by atoms with Crippen molar-refractivity contribution < 1.29 is 4.79 Å². The largest absolute Gasteiger partial charge is 0.351 e. The molecule has 0 unspecified atom stereocenters. The van der Waals surface area contributed by atoms with Crippen molar-refractivity contribution in [2.45, 2.75) is 13.8 Å². The Morgan fingerprint density at radius 3 is 2.68 bits per heavy atom. The Labute approximate surface area is 170 Å². The summed E-state index contributed by atoms with van der Waals surface area (Å²) in [6.07, 6.45) is 0. The monoisotopic (exact) mass is 394 g/mol. The maximum Gasteiger partial charge on any atom is 0.251 e. The summed E-state index contributed by atoms with van der Waals surface area (Å²) < 4.78 is 1.24. The fraction of sp³-hybridized carbons (Fsp3) is 0.364. The second-order valence-electron chi connectivity index (χ2n) is 7.37. The summed E-state index contributed by atoms with van der Waals surface area (Å²) >= 11 is 1.77. The highest BCUT2D eigenvalue weighted by atomic mass is 32.1. The number of carbonyl (C=O) groups excluding carboxylic acids is 1. The van der Waals surface area contributed by atoms with E-state index in [0.717, 1.165) is 60.1 Å². The van der Waals surface area contributed by atoms with Crippen LogP contribution in [0.4, 0.5) is 5.13 Å². The maximum atomic E-state index is 12.4. The number of aryl methyl sites for hydroxylation is 2. The van der Waals surface area contributed by atoms with Crippen molar-refractivity contribution in [3.05, 3.63) is 59.2 Å². The van der Waals surface area contributed by atoms with Crippen LogP contribution in [0.5, 0.6) is 0 Å². The van der Waals surface area contributed by atoms with Gasteiger partial charge in [0.2, 0.25) is 0 Å². The SMILES string of the molecule is Cc1ccc(C)c(C(=O)NCCN2CCN(c3nc4ccccc4s3)CC2)c1. The average molecular weight is 395 g/mol. The van der Waals surface area contributed by atoms with Crippen molar-refractivity contribution in [1.29, 1.82) is 0 Å². The zero-order chi connectivity index (χ0) is 19.5. The Bertz CT molecular complexity index is 943. The fourth-order valence-corrected chi connectivity index (χ4v) is 4.58. The minimum atomic E-state index is 0.0225. The molecule has 1 aromatic heterocycles. The van der Waals surface area contributed by atoms with Gasteiger partial charge in [0.25, 0.3) is 5.91 Å². The molecule has 0 saturated carbocycles. The van der Waals surface area contributed by atoms with E-state index >= 15 is 0 Å². The van der Waals surface area contributed by atoms with E-state index in [1.165, 1.54) is 4.70 Å². The smallest absolute Gasteiger partial charge is 0.251 e. The van der Waals surface area contributed by atoms with Crippen molar-refractivity contribution in [3.8, 4) is 0 Å². The van der Waals surface area contributed by atoms with Crippen LogP contribution in [0.15, 0.2) is 42.5 Å². The summed E-state index contributed by atoms with van der Waals surface area (Å²) in [4.78, 5) is 22.0. The summed E-state index contributed by atoms with van der Waals surface area (Å²) in [5.41, 5.74) is 3.99. The molecule has 0 aliphatic carbocycles. The Kier molecular flexibility index (Phi) is 5.59. The van der Waals surface area contributed by atoms with Gasteiger partial charge in [-0.05, 0) is 37.6 Å². The second-order valence-corrected chi connectivity index (χ2v) is 8.38. The summed E-state index contributed by atoms with van der Waals surface area (Å²) in [5.74, 6) is 0.0225. The van der Waals surface area contributed by atoms with E-state index in [0.29, 0.717) is 6.54 Å². The van der Waals surface area contributed by atoms with Crippen LogP contribution in [0.3, 0.4) is 0 Å². The number of aromatic nitrogens is 1. The van der Waals surface area contributed by atoms with E-state index in [1.807, 2.05) is 38.1 Å². The van der Waals surface area contributed by atoms with Crippen LogP contribution in [-0.2, 0) is 0 Å². The molecule has 0 atom stereocenters. The average Bonchev–Trinajstić information content (AvgIpc) is 3.14. The van der Waals surface area contributed by atoms with E-state index in [2.05, 4.69) is 33.3 Å². The topological polar surface area (TPSA) is 48.5 Å². The van der Waals surface area contributed by atoms with Crippen LogP contribution in [0.1, 0.15) is 21.5 Å². The van der Waals surface area contributed by atoms with Crippen LogP contribution in [0, 0.1) is 13.8 Å². The number of hydrogen-bond donors (Lipinski definition) is 1. The third-order valence-electron chi connectivity index (χ3n) is 5.28. The number of amides is 1. The quantitative estimate of drug-likeness (QED) is 0.720. The zero-order valence-electron chi connectivity index (χ0n) is 16.4. The summed E-state index contributed by atoms with van der Waals surface area (Å²) in [6.45, 7) is 9.49. The Hall–Kier alpha value is -2.44. The van der Waals surface area contributed by atoms with E-state index in [-0.39, 0.29) is 5.91 Å². The molecule has 0 radical (unpaired) electrons. The third-order valence-corrected chi connectivity index (χ3v) is 6.37. The normalized spacial score (nSPS) is 15.1. The number of anilines is 1. The predicted molar refractivity (Wildman–Crippen MR) is 117 cm³/mol. The van der Waals surface area contributed by atoms with E-state index in [9.17, 15) is 4.79 Å². The molecule has 1 aliphatic heterocycles. The molecule has 28 heavy (non-hydrogen) atoms. The molecule has 2 aromatic carbocycles. The Morgan fingerprint density at radius 2 is 1.89 bits per heavy atom. The number of carbonyl (C=O) groups is 1. The lowest BCUT2D eigenvalue weighted by molar-refractivity contribution is 0.0947. The van der Waals surface area contributed by atoms with Gasteiger partial charge in [-0.25, -0.2) is 4.98 Å². The highest BCUT2D eigenvalue weighted by Crippen LogP contribution is 2.29. The van der Waals surface area contributed by atoms with Crippen molar-refractivity contribution in [1.82, 2.24) is 15.2 Å². The summed E-state index contributed by atoms with van der Waals surface area (Å²) in [6, 6.07) is 14.3. The van der Waals surface area contributed by atoms with Gasteiger partial charge in [0.15, 0.2) is 5.13 Å². The Balaban J connectivity index is 1.25. The summed E-state index contributed by atoms with van der Waals surface area (Å²) in [7, 11) is 0. The molecule has 1 aliphatic rings. The van der Waals surface area contributed by atoms with Crippen LogP contribution in [0.2, 0.25) is 0 Å². The number of nitrogens with zero attached hydrogens (tertiary/aromatic N) is 3. The number of rotatable bonds is 5. The third kappa shape index (κ3) is 4.18. The lowest BCUT2D eigenvalue weighted by Gasteiger charge is -2.34. The molecule has 0 bridgehead atoms. The molecule has 1 fully saturated rings. The lowest BCUT2D eigenvalue weighted by Crippen LogP contribution is -2.48. The first-order chi connectivity index (χ1) is 13.6. The number of fused-ring (bicyclic) bond motifs is 1. The molecular weight excluding hydrogens is 368 g/mol. The number of benzene rings is 2. The van der Waals surface area contributed by atoms with Crippen molar-refractivity contribution in [2.24, 2.45) is 0 Å². The molecule has 6 heteroatoms. The van der Waals surface area contributed by atoms with Crippen LogP contribution in [0.25, 0.3) is 10.2 Å². The minimum Gasteiger partial charge on any atom is -0.351 e. The van der Waals surface area contributed by atoms with Crippen molar-refractivity contribution >= 4 is 32.6 Å². The standard InChI is InChI=1S/C22H26N4OS/c1-16-7-8-17(2)18(15-16)21(27)23-9-10-25-11-13-26(14-12-25)22-24-19-5-3-4-6-20(19)28-22/h3-8,15H,9-14H2,1-2H3,(H,23,27). The minimum absolute atomic E-state index is 0.0225. The van der Waals surface area contributed by atoms with Gasteiger partial charge in [-0.15, -0.1) is 0 Å². The van der Waals surface area contributed by atoms with Gasteiger partial charge in [0, 0.05) is 44.8 Å². The molecule has 4 rings (SSSR count). The van der Waals surface area contributed by atoms with E-state index in [4.69, 9.17) is 4.98 Å². The van der Waals surface area contributed by atoms with Crippen LogP contribution >= 0.6 is 11.3 Å². The van der Waals surface area contributed by atoms with Gasteiger partial charge in [0.05, 0.1) is 10.2 Å². The lowest BCUT2D eigenvalue weighted by atomic mass is 10.1. The van der Waals surface area contributed by atoms with Crippen molar-refractivity contribution in [2.75, 3.05) is 44.2 Å². The van der Waals surface area contributed by atoms with Crippen LogP contribution in [-0.4, -0.2) is 55.1 Å². The molecule has 2 heterocycles. The molecule has 5 nitrogen and oxygen atoms in total. The summed E-state index contributed by atoms with van der Waals surface area (Å²) in [5, 5.41) is 4.19. The number of thiazole rings is 1. The van der Waals surface area contributed by atoms with Gasteiger partial charge >= 0.3 is 0 Å². The molecule has 1 saturated heterocycles. The van der Waals surface area contributed by atoms with Crippen molar-refractivity contribution in [3.63, 3.8) is 0 Å². The van der Waals surface area contributed by atoms with Gasteiger partial charge in [-0.2, -0.15) is 0 Å². The highest BCUT2D eigenvalue weighted by Gasteiger charge is 2.19. The molecule has 1 amide bonds. The second kappa shape index (κ2) is 8.29. The maximum absolute atomic E-state index is 12.4. The van der Waals surface area contributed by atoms with Crippen LogP contribution < -0.4 is 10.2 Å². The van der Waals surface area contributed by atoms with E-state index < -0.39 is 0 Å². The molecular formula is C22H26N4OS. The predicted octanol–water partition coefficient (Wildman–Crippen LogP) is 3.47. The molecule has 146 valence electrons. The highest BCUT2D eigenvalue weighted by molar-refractivity contribution is 7.22. The number of piperazine rings is 1. The fourth-order valence-electron chi connectivity index (χ4n) is 3.56. The first kappa shape index (κ1) is 18.9. The van der Waals surface area contributed by atoms with Gasteiger partial charge in [-0.3, -0.25) is 9.69 Å². The first-order valence-electron chi connectivity index (χ1n) is 9.78. The zero-order valence-corrected chi connectivity index (χ0v) is 17.3. The van der Waals surface area contributed by atoms with Gasteiger partial charge in [-0.1, -0.05) is 41.2 Å². The van der Waals surface area contributed by atoms with E-state index in [1.54, 1.807) is 11.3 Å².